The van der Waals surface area contributed by atoms with E-state index in [4.69, 9.17) is 4.74 Å². The fourth-order valence-electron chi connectivity index (χ4n) is 4.21. The number of rotatable bonds is 4. The second kappa shape index (κ2) is 9.26. The predicted octanol–water partition coefficient (Wildman–Crippen LogP) is 3.50. The Morgan fingerprint density at radius 3 is 2.87 bits per heavy atom. The second-order valence-electron chi connectivity index (χ2n) is 8.11. The number of carbonyl (C=O) groups excluding carboxylic acids is 2. The van der Waals surface area contributed by atoms with Crippen LogP contribution < -0.4 is 15.1 Å². The zero-order chi connectivity index (χ0) is 21.1. The number of cyclic esters (lactones) is 1. The quantitative estimate of drug-likeness (QED) is 0.753. The Bertz CT molecular complexity index is 792. The molecule has 2 amide bonds. The highest BCUT2D eigenvalue weighted by atomic mass is 32.2. The summed E-state index contributed by atoms with van der Waals surface area (Å²) in [5.74, 6) is 3.18. The Kier molecular flexibility index (Phi) is 6.67. The molecular weight excluding hydrogens is 425 g/mol. The van der Waals surface area contributed by atoms with Gasteiger partial charge in [-0.15, -0.1) is 0 Å². The maximum absolute atomic E-state index is 15.0. The lowest BCUT2D eigenvalue weighted by molar-refractivity contribution is -0.119. The van der Waals surface area contributed by atoms with Crippen molar-refractivity contribution in [2.24, 2.45) is 0 Å². The normalized spacial score (nSPS) is 23.9. The molecule has 0 radical (unpaired) electrons. The molecule has 1 aromatic carbocycles. The number of nitrogens with zero attached hydrogens (tertiary/aromatic N) is 2. The molecule has 1 N–H and O–H groups in total. The molecule has 30 heavy (non-hydrogen) atoms. The number of hydrogen-bond donors (Lipinski definition) is 1. The van der Waals surface area contributed by atoms with Gasteiger partial charge < -0.3 is 15.0 Å². The third-order valence-electron chi connectivity index (χ3n) is 5.92. The van der Waals surface area contributed by atoms with E-state index in [1.54, 1.807) is 12.1 Å². The average Bonchev–Trinajstić information content (AvgIpc) is 2.95. The maximum Gasteiger partial charge on any atom is 0.414 e. The fourth-order valence-corrected chi connectivity index (χ4v) is 7.32. The van der Waals surface area contributed by atoms with E-state index in [0.717, 1.165) is 25.9 Å². The number of benzene rings is 1. The van der Waals surface area contributed by atoms with Crippen molar-refractivity contribution in [3.63, 3.8) is 0 Å². The van der Waals surface area contributed by atoms with Crippen molar-refractivity contribution >= 4 is 46.9 Å². The van der Waals surface area contributed by atoms with Crippen LogP contribution in [0.4, 0.5) is 20.6 Å². The lowest BCUT2D eigenvalue weighted by Gasteiger charge is -2.41. The molecule has 3 heterocycles. The molecule has 1 atom stereocenters. The van der Waals surface area contributed by atoms with Crippen LogP contribution in [0.3, 0.4) is 0 Å². The average molecular weight is 454 g/mol. The highest BCUT2D eigenvalue weighted by molar-refractivity contribution is 8.04. The van der Waals surface area contributed by atoms with Crippen LogP contribution in [0.2, 0.25) is 0 Å². The first-order valence-corrected chi connectivity index (χ1v) is 12.6. The molecule has 9 heteroatoms. The fraction of sp³-hybridized carbons (Fsp3) is 0.619. The van der Waals surface area contributed by atoms with Crippen LogP contribution in [0.5, 0.6) is 0 Å². The van der Waals surface area contributed by atoms with Crippen LogP contribution in [-0.4, -0.2) is 66.3 Å². The van der Waals surface area contributed by atoms with Crippen molar-refractivity contribution in [2.75, 3.05) is 53.2 Å². The molecule has 6 nitrogen and oxygen atoms in total. The van der Waals surface area contributed by atoms with Gasteiger partial charge in [0.2, 0.25) is 5.91 Å². The van der Waals surface area contributed by atoms with E-state index in [-0.39, 0.29) is 18.3 Å². The van der Waals surface area contributed by atoms with Gasteiger partial charge in [0.1, 0.15) is 11.9 Å². The van der Waals surface area contributed by atoms with Crippen LogP contribution in [0, 0.1) is 5.82 Å². The summed E-state index contributed by atoms with van der Waals surface area (Å²) in [6.07, 6.45) is 2.49. The van der Waals surface area contributed by atoms with Gasteiger partial charge in [-0.1, -0.05) is 0 Å². The monoisotopic (exact) mass is 453 g/mol. The molecule has 4 rings (SSSR count). The Labute approximate surface area is 185 Å². The molecule has 0 aromatic heterocycles. The number of nitrogens with one attached hydrogen (secondary N) is 1. The Morgan fingerprint density at radius 2 is 2.13 bits per heavy atom. The SMILES string of the molecule is CC(=O)NC[C@H]1CN(c2ccc(N3CCC4(CC3)CSCCCS4)c(F)c2)C(=O)O1. The topological polar surface area (TPSA) is 61.9 Å². The zero-order valence-electron chi connectivity index (χ0n) is 17.2. The molecule has 1 aromatic rings. The summed E-state index contributed by atoms with van der Waals surface area (Å²) in [6, 6.07) is 4.96. The highest BCUT2D eigenvalue weighted by Crippen LogP contribution is 2.42. The summed E-state index contributed by atoms with van der Waals surface area (Å²) in [4.78, 5) is 26.8. The van der Waals surface area contributed by atoms with E-state index in [1.807, 2.05) is 0 Å². The molecule has 0 saturated carbocycles. The van der Waals surface area contributed by atoms with Crippen molar-refractivity contribution in [2.45, 2.75) is 37.0 Å². The van der Waals surface area contributed by atoms with Crippen LogP contribution >= 0.6 is 23.5 Å². The summed E-state index contributed by atoms with van der Waals surface area (Å²) >= 11 is 4.17. The summed E-state index contributed by atoms with van der Waals surface area (Å²) < 4.78 is 20.6. The first-order valence-electron chi connectivity index (χ1n) is 10.4. The van der Waals surface area contributed by atoms with E-state index in [2.05, 4.69) is 33.7 Å². The highest BCUT2D eigenvalue weighted by Gasteiger charge is 2.37. The van der Waals surface area contributed by atoms with Crippen LogP contribution in [0.15, 0.2) is 18.2 Å². The van der Waals surface area contributed by atoms with E-state index in [9.17, 15) is 14.0 Å². The first kappa shape index (κ1) is 21.6. The van der Waals surface area contributed by atoms with Crippen molar-refractivity contribution in [3.05, 3.63) is 24.0 Å². The van der Waals surface area contributed by atoms with E-state index in [0.29, 0.717) is 22.7 Å². The number of ether oxygens (including phenoxy) is 1. The largest absolute Gasteiger partial charge is 0.442 e. The zero-order valence-corrected chi connectivity index (χ0v) is 18.8. The molecular formula is C21H28FN3O3S2. The minimum absolute atomic E-state index is 0.177. The smallest absolute Gasteiger partial charge is 0.414 e. The predicted molar refractivity (Wildman–Crippen MR) is 121 cm³/mol. The van der Waals surface area contributed by atoms with E-state index < -0.39 is 12.2 Å². The number of amides is 2. The van der Waals surface area contributed by atoms with Crippen molar-refractivity contribution < 1.29 is 18.7 Å². The Morgan fingerprint density at radius 1 is 1.33 bits per heavy atom. The van der Waals surface area contributed by atoms with Gasteiger partial charge in [0.15, 0.2) is 0 Å². The third kappa shape index (κ3) is 4.82. The lowest BCUT2D eigenvalue weighted by atomic mass is 9.97. The van der Waals surface area contributed by atoms with Gasteiger partial charge in [-0.05, 0) is 49.0 Å². The van der Waals surface area contributed by atoms with Crippen molar-refractivity contribution in [1.29, 1.82) is 0 Å². The summed E-state index contributed by atoms with van der Waals surface area (Å²) in [7, 11) is 0. The number of piperidine rings is 1. The Hall–Kier alpha value is -1.61. The maximum atomic E-state index is 15.0. The molecule has 0 unspecified atom stereocenters. The Balaban J connectivity index is 1.39. The molecule has 0 bridgehead atoms. The lowest BCUT2D eigenvalue weighted by Crippen LogP contribution is -2.44. The van der Waals surface area contributed by atoms with Gasteiger partial charge >= 0.3 is 6.09 Å². The van der Waals surface area contributed by atoms with Crippen LogP contribution in [0.25, 0.3) is 0 Å². The van der Waals surface area contributed by atoms with E-state index in [1.165, 1.54) is 41.6 Å². The molecule has 0 aliphatic carbocycles. The minimum atomic E-state index is -0.514. The molecule has 1 spiro atoms. The summed E-state index contributed by atoms with van der Waals surface area (Å²) in [6.45, 7) is 3.67. The third-order valence-corrected chi connectivity index (χ3v) is 9.09. The molecule has 3 aliphatic heterocycles. The van der Waals surface area contributed by atoms with E-state index >= 15 is 0 Å². The first-order chi connectivity index (χ1) is 14.5. The van der Waals surface area contributed by atoms with Gasteiger partial charge in [0.25, 0.3) is 0 Å². The van der Waals surface area contributed by atoms with Crippen molar-refractivity contribution in [3.8, 4) is 0 Å². The van der Waals surface area contributed by atoms with Gasteiger partial charge in [-0.3, -0.25) is 9.69 Å². The van der Waals surface area contributed by atoms with Gasteiger partial charge in [0.05, 0.1) is 24.5 Å². The number of halogens is 1. The number of anilines is 2. The van der Waals surface area contributed by atoms with Gasteiger partial charge in [-0.25, -0.2) is 9.18 Å². The van der Waals surface area contributed by atoms with Crippen molar-refractivity contribution in [1.82, 2.24) is 5.32 Å². The van der Waals surface area contributed by atoms with Gasteiger partial charge in [-0.2, -0.15) is 23.5 Å². The number of thioether (sulfide) groups is 2. The molecule has 3 saturated heterocycles. The number of carbonyl (C=O) groups is 2. The summed E-state index contributed by atoms with van der Waals surface area (Å²) in [5.41, 5.74) is 1.08. The standard InChI is InChI=1S/C21H28FN3O3S2/c1-15(26)23-12-17-13-25(20(27)28-17)16-3-4-19(18(22)11-16)24-7-5-21(6-8-24)14-29-9-2-10-30-21/h3-4,11,17H,2,5-10,12-14H2,1H3,(H,23,26)/t17-/m0/s1. The van der Waals surface area contributed by atoms with Crippen LogP contribution in [-0.2, 0) is 9.53 Å². The molecule has 3 aliphatic rings. The second-order valence-corrected chi connectivity index (χ2v) is 10.8. The van der Waals surface area contributed by atoms with Gasteiger partial charge in [0, 0.05) is 30.5 Å². The van der Waals surface area contributed by atoms with Crippen LogP contribution in [0.1, 0.15) is 26.2 Å². The molecule has 3 fully saturated rings. The minimum Gasteiger partial charge on any atom is -0.442 e. The number of hydrogen-bond acceptors (Lipinski definition) is 6. The molecule has 164 valence electrons. The summed E-state index contributed by atoms with van der Waals surface area (Å²) in [5, 5.41) is 2.65.